The molecule has 0 aliphatic rings. The Morgan fingerprint density at radius 2 is 1.74 bits per heavy atom. The third-order valence-electron chi connectivity index (χ3n) is 4.87. The highest BCUT2D eigenvalue weighted by Crippen LogP contribution is 2.19. The van der Waals surface area contributed by atoms with Gasteiger partial charge in [-0.1, -0.05) is 55.1 Å². The molecule has 0 heterocycles. The molecule has 27 heavy (non-hydrogen) atoms. The van der Waals surface area contributed by atoms with E-state index in [1.807, 2.05) is 36.4 Å². The Balaban J connectivity index is 1.72. The maximum atomic E-state index is 13.3. The molecule has 0 saturated carbocycles. The van der Waals surface area contributed by atoms with Crippen LogP contribution in [0.3, 0.4) is 0 Å². The first-order chi connectivity index (χ1) is 13.0. The number of carbonyl (C=O) groups is 1. The normalized spacial score (nSPS) is 12.0. The summed E-state index contributed by atoms with van der Waals surface area (Å²) in [5.41, 5.74) is 4.66. The number of halogens is 2. The summed E-state index contributed by atoms with van der Waals surface area (Å²) in [6.45, 7) is 1.78. The molecule has 5 heteroatoms. The van der Waals surface area contributed by atoms with E-state index < -0.39 is 0 Å². The van der Waals surface area contributed by atoms with Gasteiger partial charge in [-0.2, -0.15) is 0 Å². The SMILES string of the molecule is Cc1cc(CCCCCC[C@@H](Cc2ccc(Cl)cc2)C(=O)NO)ccc1F. The minimum absolute atomic E-state index is 0.160. The van der Waals surface area contributed by atoms with Crippen LogP contribution in [0.2, 0.25) is 5.02 Å². The molecule has 0 fully saturated rings. The van der Waals surface area contributed by atoms with Gasteiger partial charge in [0.2, 0.25) is 5.91 Å². The molecule has 0 aromatic heterocycles. The molecule has 3 nitrogen and oxygen atoms in total. The molecule has 2 aromatic carbocycles. The lowest BCUT2D eigenvalue weighted by molar-refractivity contribution is -0.133. The van der Waals surface area contributed by atoms with Crippen LogP contribution >= 0.6 is 11.6 Å². The first-order valence-electron chi connectivity index (χ1n) is 9.43. The summed E-state index contributed by atoms with van der Waals surface area (Å²) in [7, 11) is 0. The molecule has 1 atom stereocenters. The second-order valence-electron chi connectivity index (χ2n) is 7.04. The molecule has 0 saturated heterocycles. The molecule has 2 rings (SSSR count). The van der Waals surface area contributed by atoms with Gasteiger partial charge in [-0.05, 0) is 67.5 Å². The molecule has 0 aliphatic heterocycles. The van der Waals surface area contributed by atoms with Crippen LogP contribution in [0.5, 0.6) is 0 Å². The van der Waals surface area contributed by atoms with Gasteiger partial charge in [0.1, 0.15) is 5.82 Å². The molecule has 1 amide bonds. The standard InChI is InChI=1S/C22H27ClFNO2/c1-16-14-17(10-13-21(16)24)6-4-2-3-5-7-19(22(26)25-27)15-18-8-11-20(23)12-9-18/h8-14,19,27H,2-7,15H2,1H3,(H,25,26)/t19-/m0/s1. The number of nitrogens with one attached hydrogen (secondary N) is 1. The van der Waals surface area contributed by atoms with E-state index in [0.29, 0.717) is 17.0 Å². The molecule has 0 aliphatic carbocycles. The van der Waals surface area contributed by atoms with Gasteiger partial charge in [-0.3, -0.25) is 10.0 Å². The van der Waals surface area contributed by atoms with Gasteiger partial charge in [0.05, 0.1) is 0 Å². The van der Waals surface area contributed by atoms with E-state index in [1.165, 1.54) is 6.07 Å². The number of benzene rings is 2. The van der Waals surface area contributed by atoms with Gasteiger partial charge in [-0.25, -0.2) is 9.87 Å². The number of hydrogen-bond acceptors (Lipinski definition) is 2. The quantitative estimate of drug-likeness (QED) is 0.312. The number of carbonyl (C=O) groups excluding carboxylic acids is 1. The fraction of sp³-hybridized carbons (Fsp3) is 0.409. The van der Waals surface area contributed by atoms with E-state index in [0.717, 1.165) is 49.7 Å². The predicted molar refractivity (Wildman–Crippen MR) is 107 cm³/mol. The average molecular weight is 392 g/mol. The summed E-state index contributed by atoms with van der Waals surface area (Å²) < 4.78 is 13.3. The largest absolute Gasteiger partial charge is 0.289 e. The highest BCUT2D eigenvalue weighted by atomic mass is 35.5. The summed E-state index contributed by atoms with van der Waals surface area (Å²) in [5, 5.41) is 9.65. The molecule has 0 radical (unpaired) electrons. The molecule has 0 bridgehead atoms. The van der Waals surface area contributed by atoms with Crippen LogP contribution in [-0.2, 0) is 17.6 Å². The average Bonchev–Trinajstić information content (AvgIpc) is 2.67. The lowest BCUT2D eigenvalue weighted by Gasteiger charge is -2.15. The van der Waals surface area contributed by atoms with Crippen molar-refractivity contribution in [2.45, 2.75) is 51.9 Å². The van der Waals surface area contributed by atoms with E-state index in [2.05, 4.69) is 0 Å². The lowest BCUT2D eigenvalue weighted by Crippen LogP contribution is -2.29. The van der Waals surface area contributed by atoms with Gasteiger partial charge < -0.3 is 0 Å². The Kier molecular flexibility index (Phi) is 8.76. The molecular weight excluding hydrogens is 365 g/mol. The van der Waals surface area contributed by atoms with Gasteiger partial charge >= 0.3 is 0 Å². The van der Waals surface area contributed by atoms with Crippen molar-refractivity contribution in [1.29, 1.82) is 0 Å². The molecule has 2 aromatic rings. The van der Waals surface area contributed by atoms with Crippen LogP contribution in [0.15, 0.2) is 42.5 Å². The second-order valence-corrected chi connectivity index (χ2v) is 7.48. The summed E-state index contributed by atoms with van der Waals surface area (Å²) in [6, 6.07) is 12.7. The van der Waals surface area contributed by atoms with Crippen LogP contribution in [0.1, 0.15) is 48.8 Å². The van der Waals surface area contributed by atoms with Crippen LogP contribution in [0.4, 0.5) is 4.39 Å². The van der Waals surface area contributed by atoms with Gasteiger partial charge in [0.15, 0.2) is 0 Å². The van der Waals surface area contributed by atoms with E-state index in [9.17, 15) is 9.18 Å². The third-order valence-corrected chi connectivity index (χ3v) is 5.12. The monoisotopic (exact) mass is 391 g/mol. The van der Waals surface area contributed by atoms with Crippen molar-refractivity contribution >= 4 is 17.5 Å². The zero-order valence-corrected chi connectivity index (χ0v) is 16.4. The van der Waals surface area contributed by atoms with Gasteiger partial charge in [0, 0.05) is 10.9 Å². The van der Waals surface area contributed by atoms with Crippen LogP contribution in [-0.4, -0.2) is 11.1 Å². The smallest absolute Gasteiger partial charge is 0.246 e. The Morgan fingerprint density at radius 1 is 1.07 bits per heavy atom. The minimum Gasteiger partial charge on any atom is -0.289 e. The number of hydrogen-bond donors (Lipinski definition) is 2. The predicted octanol–water partition coefficient (Wildman–Crippen LogP) is 5.64. The lowest BCUT2D eigenvalue weighted by atomic mass is 9.92. The van der Waals surface area contributed by atoms with Gasteiger partial charge in [0.25, 0.3) is 0 Å². The maximum Gasteiger partial charge on any atom is 0.246 e. The van der Waals surface area contributed by atoms with Crippen molar-refractivity contribution in [3.05, 3.63) is 70.0 Å². The van der Waals surface area contributed by atoms with Crippen molar-refractivity contribution in [2.24, 2.45) is 5.92 Å². The summed E-state index contributed by atoms with van der Waals surface area (Å²) in [4.78, 5) is 11.9. The first-order valence-corrected chi connectivity index (χ1v) is 9.81. The third kappa shape index (κ3) is 7.31. The maximum absolute atomic E-state index is 13.3. The van der Waals surface area contributed by atoms with Crippen molar-refractivity contribution in [3.8, 4) is 0 Å². The zero-order chi connectivity index (χ0) is 19.6. The van der Waals surface area contributed by atoms with Crippen molar-refractivity contribution in [2.75, 3.05) is 0 Å². The van der Waals surface area contributed by atoms with E-state index in [4.69, 9.17) is 16.8 Å². The van der Waals surface area contributed by atoms with E-state index in [1.54, 1.807) is 12.4 Å². The highest BCUT2D eigenvalue weighted by Gasteiger charge is 2.18. The second kappa shape index (κ2) is 11.1. The fourth-order valence-corrected chi connectivity index (χ4v) is 3.38. The number of unbranched alkanes of at least 4 members (excludes halogenated alkanes) is 3. The number of amides is 1. The van der Waals surface area contributed by atoms with E-state index >= 15 is 0 Å². The molecule has 0 unspecified atom stereocenters. The summed E-state index contributed by atoms with van der Waals surface area (Å²) >= 11 is 5.89. The van der Waals surface area contributed by atoms with E-state index in [-0.39, 0.29) is 17.6 Å². The fourth-order valence-electron chi connectivity index (χ4n) is 3.26. The number of aryl methyl sites for hydroxylation is 2. The Morgan fingerprint density at radius 3 is 2.41 bits per heavy atom. The van der Waals surface area contributed by atoms with Gasteiger partial charge in [-0.15, -0.1) is 0 Å². The van der Waals surface area contributed by atoms with Crippen molar-refractivity contribution in [1.82, 2.24) is 5.48 Å². The van der Waals surface area contributed by atoms with Crippen LogP contribution in [0.25, 0.3) is 0 Å². The Hall–Kier alpha value is -1.91. The molecule has 2 N–H and O–H groups in total. The molecule has 146 valence electrons. The first kappa shape index (κ1) is 21.4. The van der Waals surface area contributed by atoms with Crippen molar-refractivity contribution < 1.29 is 14.4 Å². The van der Waals surface area contributed by atoms with Crippen molar-refractivity contribution in [3.63, 3.8) is 0 Å². The molecular formula is C22H27ClFNO2. The Bertz CT molecular complexity index is 734. The summed E-state index contributed by atoms with van der Waals surface area (Å²) in [6.07, 6.45) is 6.30. The highest BCUT2D eigenvalue weighted by molar-refractivity contribution is 6.30. The zero-order valence-electron chi connectivity index (χ0n) is 15.7. The summed E-state index contributed by atoms with van der Waals surface area (Å²) in [5.74, 6) is -0.754. The topological polar surface area (TPSA) is 49.3 Å². The number of rotatable bonds is 10. The number of hydroxylamine groups is 1. The Labute approximate surface area is 165 Å². The van der Waals surface area contributed by atoms with Crippen LogP contribution in [0, 0.1) is 18.7 Å². The minimum atomic E-state index is -0.341. The molecule has 0 spiro atoms. The van der Waals surface area contributed by atoms with Crippen LogP contribution < -0.4 is 5.48 Å².